The van der Waals surface area contributed by atoms with Gasteiger partial charge in [0.15, 0.2) is 0 Å². The predicted molar refractivity (Wildman–Crippen MR) is 107 cm³/mol. The highest BCUT2D eigenvalue weighted by Gasteiger charge is 2.51. The van der Waals surface area contributed by atoms with E-state index < -0.39 is 0 Å². The lowest BCUT2D eigenvalue weighted by atomic mass is 9.78. The first-order chi connectivity index (χ1) is 12.3. The molecule has 0 saturated carbocycles. The molecule has 1 atom stereocenters. The molecule has 2 aliphatic rings. The highest BCUT2D eigenvalue weighted by Crippen LogP contribution is 2.37. The van der Waals surface area contributed by atoms with Crippen molar-refractivity contribution >= 4 is 12.6 Å². The minimum Gasteiger partial charge on any atom is -0.496 e. The van der Waals surface area contributed by atoms with Crippen LogP contribution in [-0.4, -0.2) is 43.4 Å². The standard InChI is InChI=1S/C21H34BNO3/c1-7-8-16-11-12-23(14-16)15-17-13-18(9-10-19(17)24-6)22-25-20(2,3)21(4,5)26-22/h9-10,13,16H,7-8,11-12,14-15H2,1-6H3. The van der Waals surface area contributed by atoms with E-state index in [9.17, 15) is 0 Å². The van der Waals surface area contributed by atoms with Crippen molar-refractivity contribution in [1.29, 1.82) is 0 Å². The van der Waals surface area contributed by atoms with Crippen molar-refractivity contribution in [2.75, 3.05) is 20.2 Å². The van der Waals surface area contributed by atoms with E-state index in [1.54, 1.807) is 7.11 Å². The van der Waals surface area contributed by atoms with Gasteiger partial charge in [-0.15, -0.1) is 0 Å². The Labute approximate surface area is 159 Å². The van der Waals surface area contributed by atoms with Crippen LogP contribution in [0.2, 0.25) is 0 Å². The SMILES string of the molecule is CCCC1CCN(Cc2cc(B3OC(C)(C)C(C)(C)O3)ccc2OC)C1. The van der Waals surface area contributed by atoms with Gasteiger partial charge in [0.05, 0.1) is 18.3 Å². The maximum atomic E-state index is 6.22. The van der Waals surface area contributed by atoms with Gasteiger partial charge >= 0.3 is 7.12 Å². The molecule has 2 heterocycles. The Balaban J connectivity index is 1.75. The second kappa shape index (κ2) is 7.53. The van der Waals surface area contributed by atoms with Gasteiger partial charge in [0, 0.05) is 18.7 Å². The van der Waals surface area contributed by atoms with Crippen LogP contribution in [0, 0.1) is 5.92 Å². The lowest BCUT2D eigenvalue weighted by Crippen LogP contribution is -2.41. The molecule has 4 nitrogen and oxygen atoms in total. The highest BCUT2D eigenvalue weighted by molar-refractivity contribution is 6.62. The number of likely N-dealkylation sites (tertiary alicyclic amines) is 1. The van der Waals surface area contributed by atoms with E-state index in [0.29, 0.717) is 0 Å². The average Bonchev–Trinajstić information content (AvgIpc) is 3.09. The molecule has 3 rings (SSSR count). The monoisotopic (exact) mass is 359 g/mol. The summed E-state index contributed by atoms with van der Waals surface area (Å²) in [6, 6.07) is 6.32. The fraction of sp³-hybridized carbons (Fsp3) is 0.714. The number of ether oxygens (including phenoxy) is 1. The zero-order valence-corrected chi connectivity index (χ0v) is 17.3. The number of rotatable bonds is 6. The van der Waals surface area contributed by atoms with E-state index in [1.807, 2.05) is 0 Å². The average molecular weight is 359 g/mol. The van der Waals surface area contributed by atoms with Crippen molar-refractivity contribution in [2.45, 2.75) is 71.6 Å². The van der Waals surface area contributed by atoms with Crippen LogP contribution in [0.3, 0.4) is 0 Å². The van der Waals surface area contributed by atoms with Crippen LogP contribution in [0.4, 0.5) is 0 Å². The van der Waals surface area contributed by atoms with Gasteiger partial charge in [0.2, 0.25) is 0 Å². The first-order valence-electron chi connectivity index (χ1n) is 10.0. The molecule has 26 heavy (non-hydrogen) atoms. The first-order valence-corrected chi connectivity index (χ1v) is 10.0. The van der Waals surface area contributed by atoms with Crippen LogP contribution >= 0.6 is 0 Å². The van der Waals surface area contributed by atoms with E-state index in [-0.39, 0.29) is 18.3 Å². The zero-order valence-electron chi connectivity index (χ0n) is 17.3. The first kappa shape index (κ1) is 19.7. The van der Waals surface area contributed by atoms with Gasteiger partial charge in [-0.2, -0.15) is 0 Å². The van der Waals surface area contributed by atoms with Crippen LogP contribution in [-0.2, 0) is 15.9 Å². The summed E-state index contributed by atoms with van der Waals surface area (Å²) >= 11 is 0. The molecule has 2 aliphatic heterocycles. The van der Waals surface area contributed by atoms with Crippen molar-refractivity contribution in [3.63, 3.8) is 0 Å². The normalized spacial score (nSPS) is 25.0. The van der Waals surface area contributed by atoms with Crippen molar-refractivity contribution in [3.05, 3.63) is 23.8 Å². The summed E-state index contributed by atoms with van der Waals surface area (Å²) in [5, 5.41) is 0. The van der Waals surface area contributed by atoms with Gasteiger partial charge < -0.3 is 14.0 Å². The van der Waals surface area contributed by atoms with Gasteiger partial charge in [0.25, 0.3) is 0 Å². The van der Waals surface area contributed by atoms with Crippen LogP contribution in [0.15, 0.2) is 18.2 Å². The predicted octanol–water partition coefficient (Wildman–Crippen LogP) is 3.62. The third-order valence-electron chi connectivity index (χ3n) is 6.29. The number of nitrogens with zero attached hydrogens (tertiary/aromatic N) is 1. The topological polar surface area (TPSA) is 30.9 Å². The quantitative estimate of drug-likeness (QED) is 0.726. The van der Waals surface area contributed by atoms with Crippen LogP contribution in [0.5, 0.6) is 5.75 Å². The fourth-order valence-corrected chi connectivity index (χ4v) is 3.99. The van der Waals surface area contributed by atoms with Gasteiger partial charge in [-0.1, -0.05) is 25.5 Å². The van der Waals surface area contributed by atoms with Crippen molar-refractivity contribution in [2.24, 2.45) is 5.92 Å². The molecule has 1 aromatic carbocycles. The Morgan fingerprint density at radius 2 is 1.88 bits per heavy atom. The Bertz CT molecular complexity index is 616. The second-order valence-corrected chi connectivity index (χ2v) is 8.84. The van der Waals surface area contributed by atoms with Crippen LogP contribution in [0.1, 0.15) is 59.4 Å². The molecule has 0 spiro atoms. The molecule has 0 radical (unpaired) electrons. The van der Waals surface area contributed by atoms with Crippen LogP contribution in [0.25, 0.3) is 0 Å². The smallest absolute Gasteiger partial charge is 0.494 e. The van der Waals surface area contributed by atoms with Gasteiger partial charge in [-0.3, -0.25) is 4.90 Å². The molecule has 0 N–H and O–H groups in total. The summed E-state index contributed by atoms with van der Waals surface area (Å²) in [6.45, 7) is 13.9. The maximum absolute atomic E-state index is 6.22. The lowest BCUT2D eigenvalue weighted by molar-refractivity contribution is 0.00578. The minimum absolute atomic E-state index is 0.319. The summed E-state index contributed by atoms with van der Waals surface area (Å²) in [5.41, 5.74) is 1.65. The summed E-state index contributed by atoms with van der Waals surface area (Å²) in [7, 11) is 1.42. The summed E-state index contributed by atoms with van der Waals surface area (Å²) in [5.74, 6) is 1.79. The number of benzene rings is 1. The number of hydrogen-bond acceptors (Lipinski definition) is 4. The lowest BCUT2D eigenvalue weighted by Gasteiger charge is -2.32. The van der Waals surface area contributed by atoms with Crippen molar-refractivity contribution in [1.82, 2.24) is 4.90 Å². The van der Waals surface area contributed by atoms with Crippen molar-refractivity contribution in [3.8, 4) is 5.75 Å². The Kier molecular flexibility index (Phi) is 5.71. The third kappa shape index (κ3) is 3.95. The molecule has 0 aromatic heterocycles. The summed E-state index contributed by atoms with van der Waals surface area (Å²) < 4.78 is 18.1. The molecule has 144 valence electrons. The Hall–Kier alpha value is -1.04. The molecule has 0 bridgehead atoms. The number of methoxy groups -OCH3 is 1. The third-order valence-corrected chi connectivity index (χ3v) is 6.29. The van der Waals surface area contributed by atoms with Gasteiger partial charge in [0.1, 0.15) is 5.75 Å². The maximum Gasteiger partial charge on any atom is 0.494 e. The van der Waals surface area contributed by atoms with E-state index >= 15 is 0 Å². The molecule has 0 aliphatic carbocycles. The summed E-state index contributed by atoms with van der Waals surface area (Å²) in [4.78, 5) is 2.55. The van der Waals surface area contributed by atoms with Gasteiger partial charge in [-0.05, 0) is 64.5 Å². The highest BCUT2D eigenvalue weighted by atomic mass is 16.7. The zero-order chi connectivity index (χ0) is 18.9. The molecule has 2 fully saturated rings. The molecule has 2 saturated heterocycles. The molecular weight excluding hydrogens is 325 g/mol. The largest absolute Gasteiger partial charge is 0.496 e. The van der Waals surface area contributed by atoms with Crippen LogP contribution < -0.4 is 10.2 Å². The molecule has 5 heteroatoms. The Morgan fingerprint density at radius 1 is 1.19 bits per heavy atom. The van der Waals surface area contributed by atoms with E-state index in [1.165, 1.54) is 37.9 Å². The molecule has 0 amide bonds. The Morgan fingerprint density at radius 3 is 2.50 bits per heavy atom. The minimum atomic E-state index is -0.323. The molecule has 1 unspecified atom stereocenters. The van der Waals surface area contributed by atoms with E-state index in [2.05, 4.69) is 57.7 Å². The molecular formula is C21H34BNO3. The molecule has 1 aromatic rings. The van der Waals surface area contributed by atoms with Gasteiger partial charge in [-0.25, -0.2) is 0 Å². The van der Waals surface area contributed by atoms with E-state index in [0.717, 1.165) is 23.7 Å². The summed E-state index contributed by atoms with van der Waals surface area (Å²) in [6.07, 6.45) is 3.92. The second-order valence-electron chi connectivity index (χ2n) is 8.84. The fourth-order valence-electron chi connectivity index (χ4n) is 3.99. The van der Waals surface area contributed by atoms with E-state index in [4.69, 9.17) is 14.0 Å². The number of hydrogen-bond donors (Lipinski definition) is 0. The van der Waals surface area contributed by atoms with Crippen molar-refractivity contribution < 1.29 is 14.0 Å².